The van der Waals surface area contributed by atoms with Crippen LogP contribution in [0.3, 0.4) is 0 Å². The Labute approximate surface area is 139 Å². The molecular weight excluding hydrogens is 292 g/mol. The lowest BCUT2D eigenvalue weighted by Crippen LogP contribution is -2.45. The fourth-order valence-corrected chi connectivity index (χ4v) is 2.79. The minimum atomic E-state index is -0.187. The van der Waals surface area contributed by atoms with Crippen LogP contribution < -0.4 is 10.6 Å². The first-order chi connectivity index (χ1) is 11.0. The largest absolute Gasteiger partial charge is 0.373 e. The van der Waals surface area contributed by atoms with Crippen molar-refractivity contribution < 1.29 is 9.53 Å². The summed E-state index contributed by atoms with van der Waals surface area (Å²) < 4.78 is 7.81. The monoisotopic (exact) mass is 322 g/mol. The Bertz CT molecular complexity index is 501. The molecule has 0 aliphatic carbocycles. The van der Waals surface area contributed by atoms with Gasteiger partial charge in [0.05, 0.1) is 18.3 Å². The van der Waals surface area contributed by atoms with Crippen LogP contribution in [0.4, 0.5) is 0 Å². The van der Waals surface area contributed by atoms with Gasteiger partial charge in [-0.3, -0.25) is 9.48 Å². The zero-order valence-electron chi connectivity index (χ0n) is 14.7. The summed E-state index contributed by atoms with van der Waals surface area (Å²) in [7, 11) is 0. The van der Waals surface area contributed by atoms with Gasteiger partial charge in [0, 0.05) is 43.9 Å². The van der Waals surface area contributed by atoms with Crippen LogP contribution in [-0.2, 0) is 16.1 Å². The van der Waals surface area contributed by atoms with Gasteiger partial charge in [0.2, 0.25) is 5.91 Å². The maximum atomic E-state index is 12.0. The number of carbonyl (C=O) groups is 1. The number of rotatable bonds is 8. The number of carbonyl (C=O) groups excluding carboxylic acids is 1. The summed E-state index contributed by atoms with van der Waals surface area (Å²) in [5.41, 5.74) is 1.13. The number of nitrogens with zero attached hydrogens (tertiary/aromatic N) is 2. The Morgan fingerprint density at radius 3 is 2.91 bits per heavy atom. The maximum absolute atomic E-state index is 12.0. The molecule has 1 saturated heterocycles. The Morgan fingerprint density at radius 2 is 2.26 bits per heavy atom. The summed E-state index contributed by atoms with van der Waals surface area (Å²) in [6, 6.07) is -0.187. The molecule has 0 aromatic carbocycles. The van der Waals surface area contributed by atoms with Crippen LogP contribution in [0, 0.1) is 11.8 Å². The first-order valence-electron chi connectivity index (χ1n) is 8.66. The van der Waals surface area contributed by atoms with Crippen LogP contribution in [0.15, 0.2) is 12.4 Å². The van der Waals surface area contributed by atoms with Crippen molar-refractivity contribution in [2.75, 3.05) is 19.7 Å². The van der Waals surface area contributed by atoms with Crippen molar-refractivity contribution in [3.05, 3.63) is 18.0 Å². The number of ether oxygens (including phenoxy) is 1. The van der Waals surface area contributed by atoms with Crippen molar-refractivity contribution in [3.63, 3.8) is 0 Å². The van der Waals surface area contributed by atoms with Crippen molar-refractivity contribution >= 4 is 5.91 Å². The predicted molar refractivity (Wildman–Crippen MR) is 90.0 cm³/mol. The molecule has 2 heterocycles. The quantitative estimate of drug-likeness (QED) is 0.765. The summed E-state index contributed by atoms with van der Waals surface area (Å²) in [5.74, 6) is 0.909. The van der Waals surface area contributed by atoms with Crippen LogP contribution in [0.5, 0.6) is 0 Å². The van der Waals surface area contributed by atoms with E-state index in [9.17, 15) is 4.79 Å². The van der Waals surface area contributed by atoms with Gasteiger partial charge in [0.1, 0.15) is 0 Å². The Balaban J connectivity index is 1.83. The minimum Gasteiger partial charge on any atom is -0.373 e. The van der Waals surface area contributed by atoms with Crippen LogP contribution in [-0.4, -0.2) is 41.4 Å². The highest BCUT2D eigenvalue weighted by molar-refractivity contribution is 5.81. The van der Waals surface area contributed by atoms with Crippen molar-refractivity contribution in [3.8, 4) is 0 Å². The molecule has 0 bridgehead atoms. The van der Waals surface area contributed by atoms with Gasteiger partial charge in [-0.2, -0.15) is 5.10 Å². The van der Waals surface area contributed by atoms with E-state index in [0.717, 1.165) is 38.2 Å². The molecule has 0 saturated carbocycles. The molecule has 23 heavy (non-hydrogen) atoms. The van der Waals surface area contributed by atoms with Crippen LogP contribution in [0.25, 0.3) is 0 Å². The molecule has 1 fully saturated rings. The highest BCUT2D eigenvalue weighted by Gasteiger charge is 2.31. The van der Waals surface area contributed by atoms with E-state index in [4.69, 9.17) is 4.74 Å². The van der Waals surface area contributed by atoms with Crippen LogP contribution in [0.2, 0.25) is 0 Å². The number of hydrogen-bond donors (Lipinski definition) is 2. The van der Waals surface area contributed by atoms with Crippen molar-refractivity contribution in [2.24, 2.45) is 11.8 Å². The molecule has 0 radical (unpaired) electrons. The number of amides is 1. The predicted octanol–water partition coefficient (Wildman–Crippen LogP) is 1.73. The standard InChI is InChI=1S/C17H30N4O2/c1-5-21-11-15(10-20-21)16-14(6-7-23-16)9-18-13(4)17(22)19-8-12(2)3/h10-14,16,18H,5-9H2,1-4H3,(H,19,22). The van der Waals surface area contributed by atoms with Crippen molar-refractivity contribution in [2.45, 2.75) is 52.8 Å². The third kappa shape index (κ3) is 5.04. The first kappa shape index (κ1) is 17.9. The van der Waals surface area contributed by atoms with E-state index in [2.05, 4.69) is 42.7 Å². The second-order valence-electron chi connectivity index (χ2n) is 6.74. The lowest BCUT2D eigenvalue weighted by Gasteiger charge is -2.21. The van der Waals surface area contributed by atoms with E-state index in [1.54, 1.807) is 0 Å². The molecule has 6 heteroatoms. The number of hydrogen-bond acceptors (Lipinski definition) is 4. The van der Waals surface area contributed by atoms with Crippen LogP contribution in [0.1, 0.15) is 45.8 Å². The Morgan fingerprint density at radius 1 is 1.48 bits per heavy atom. The lowest BCUT2D eigenvalue weighted by molar-refractivity contribution is -0.123. The van der Waals surface area contributed by atoms with Crippen molar-refractivity contribution in [1.29, 1.82) is 0 Å². The molecule has 130 valence electrons. The third-order valence-corrected chi connectivity index (χ3v) is 4.28. The van der Waals surface area contributed by atoms with Gasteiger partial charge in [-0.05, 0) is 26.2 Å². The first-order valence-corrected chi connectivity index (χ1v) is 8.66. The Kier molecular flexibility index (Phi) is 6.59. The van der Waals surface area contributed by atoms with E-state index < -0.39 is 0 Å². The van der Waals surface area contributed by atoms with Crippen molar-refractivity contribution in [1.82, 2.24) is 20.4 Å². The third-order valence-electron chi connectivity index (χ3n) is 4.28. The van der Waals surface area contributed by atoms with E-state index >= 15 is 0 Å². The van der Waals surface area contributed by atoms with Gasteiger partial charge in [-0.15, -0.1) is 0 Å². The molecule has 1 aromatic rings. The fourth-order valence-electron chi connectivity index (χ4n) is 2.79. The van der Waals surface area contributed by atoms with Gasteiger partial charge in [0.15, 0.2) is 0 Å². The van der Waals surface area contributed by atoms with Gasteiger partial charge in [-0.25, -0.2) is 0 Å². The van der Waals surface area contributed by atoms with Gasteiger partial charge >= 0.3 is 0 Å². The zero-order valence-corrected chi connectivity index (χ0v) is 14.7. The number of aromatic nitrogens is 2. The average molecular weight is 322 g/mol. The topological polar surface area (TPSA) is 68.2 Å². The highest BCUT2D eigenvalue weighted by Crippen LogP contribution is 2.33. The molecule has 2 rings (SSSR count). The molecule has 3 atom stereocenters. The minimum absolute atomic E-state index is 0.0629. The summed E-state index contributed by atoms with van der Waals surface area (Å²) in [4.78, 5) is 12.0. The van der Waals surface area contributed by atoms with E-state index in [0.29, 0.717) is 11.8 Å². The van der Waals surface area contributed by atoms with E-state index in [1.807, 2.05) is 17.8 Å². The summed E-state index contributed by atoms with van der Waals surface area (Å²) in [5, 5.41) is 10.6. The van der Waals surface area contributed by atoms with Crippen LogP contribution >= 0.6 is 0 Å². The summed E-state index contributed by atoms with van der Waals surface area (Å²) >= 11 is 0. The second kappa shape index (κ2) is 8.45. The molecule has 1 amide bonds. The molecule has 1 aliphatic rings. The Hall–Kier alpha value is -1.40. The molecule has 3 unspecified atom stereocenters. The van der Waals surface area contributed by atoms with Gasteiger partial charge in [-0.1, -0.05) is 13.8 Å². The average Bonchev–Trinajstić information content (AvgIpc) is 3.18. The molecule has 2 N–H and O–H groups in total. The summed E-state index contributed by atoms with van der Waals surface area (Å²) in [6.07, 6.45) is 5.04. The molecule has 1 aliphatic heterocycles. The van der Waals surface area contributed by atoms with E-state index in [1.165, 1.54) is 0 Å². The lowest BCUT2D eigenvalue weighted by atomic mass is 9.97. The smallest absolute Gasteiger partial charge is 0.236 e. The molecular formula is C17H30N4O2. The van der Waals surface area contributed by atoms with Gasteiger partial charge < -0.3 is 15.4 Å². The van der Waals surface area contributed by atoms with E-state index in [-0.39, 0.29) is 18.1 Å². The SMILES string of the molecule is CCn1cc(C2OCCC2CNC(C)C(=O)NCC(C)C)cn1. The molecule has 1 aromatic heterocycles. The normalized spacial score (nSPS) is 22.5. The number of nitrogens with one attached hydrogen (secondary N) is 2. The maximum Gasteiger partial charge on any atom is 0.236 e. The molecule has 6 nitrogen and oxygen atoms in total. The summed E-state index contributed by atoms with van der Waals surface area (Å²) in [6.45, 7) is 11.3. The number of aryl methyl sites for hydroxylation is 1. The molecule has 0 spiro atoms. The second-order valence-corrected chi connectivity index (χ2v) is 6.74. The zero-order chi connectivity index (χ0) is 16.8. The van der Waals surface area contributed by atoms with Gasteiger partial charge in [0.25, 0.3) is 0 Å². The fraction of sp³-hybridized carbons (Fsp3) is 0.765. The highest BCUT2D eigenvalue weighted by atomic mass is 16.5.